The van der Waals surface area contributed by atoms with Gasteiger partial charge in [0, 0.05) is 24.2 Å². The Hall–Kier alpha value is -2.86. The van der Waals surface area contributed by atoms with Crippen molar-refractivity contribution in [2.24, 2.45) is 0 Å². The Morgan fingerprint density at radius 3 is 2.58 bits per heavy atom. The van der Waals surface area contributed by atoms with E-state index >= 15 is 8.78 Å². The Morgan fingerprint density at radius 2 is 1.91 bits per heavy atom. The lowest BCUT2D eigenvalue weighted by Gasteiger charge is -2.43. The molecule has 33 heavy (non-hydrogen) atoms. The second-order valence-corrected chi connectivity index (χ2v) is 9.37. The molecule has 172 valence electrons. The van der Waals surface area contributed by atoms with Gasteiger partial charge in [0.05, 0.1) is 13.2 Å². The lowest BCUT2D eigenvalue weighted by Crippen LogP contribution is -2.45. The van der Waals surface area contributed by atoms with Crippen LogP contribution in [0.2, 0.25) is 0 Å². The van der Waals surface area contributed by atoms with Gasteiger partial charge in [-0.1, -0.05) is 24.3 Å². The molecule has 5 rings (SSSR count). The fraction of sp³-hybridized carbons (Fsp3) is 0.370. The van der Waals surface area contributed by atoms with E-state index in [2.05, 4.69) is 10.8 Å². The first-order valence-corrected chi connectivity index (χ1v) is 11.3. The zero-order valence-corrected chi connectivity index (χ0v) is 18.7. The summed E-state index contributed by atoms with van der Waals surface area (Å²) in [6.07, 6.45) is 4.73. The monoisotopic (exact) mass is 453 g/mol. The molecule has 0 radical (unpaired) electrons. The van der Waals surface area contributed by atoms with E-state index in [1.54, 1.807) is 0 Å². The molecule has 2 aliphatic carbocycles. The summed E-state index contributed by atoms with van der Waals surface area (Å²) in [6.45, 7) is 2.17. The first-order chi connectivity index (χ1) is 15.8. The van der Waals surface area contributed by atoms with Crippen molar-refractivity contribution >= 4 is 17.6 Å². The number of benzene rings is 2. The van der Waals surface area contributed by atoms with Crippen LogP contribution in [0.15, 0.2) is 48.0 Å². The maximum atomic E-state index is 15.5. The fourth-order valence-corrected chi connectivity index (χ4v) is 5.23. The fourth-order valence-electron chi connectivity index (χ4n) is 5.23. The minimum Gasteiger partial charge on any atom is -0.466 e. The van der Waals surface area contributed by atoms with Crippen molar-refractivity contribution in [3.05, 3.63) is 81.9 Å². The van der Waals surface area contributed by atoms with E-state index in [-0.39, 0.29) is 23.7 Å². The summed E-state index contributed by atoms with van der Waals surface area (Å²) in [5, 5.41) is 0. The van der Waals surface area contributed by atoms with Crippen LogP contribution >= 0.6 is 0 Å². The molecular weight excluding hydrogens is 427 g/mol. The van der Waals surface area contributed by atoms with Gasteiger partial charge in [-0.25, -0.2) is 18.0 Å². The number of carbonyl (C=O) groups excluding carboxylic acids is 1. The number of nitrogens with zero attached hydrogens (tertiary/aromatic N) is 1. The number of ether oxygens (including phenoxy) is 1. The second kappa shape index (κ2) is 8.17. The number of esters is 1. The van der Waals surface area contributed by atoms with Crippen LogP contribution in [-0.4, -0.2) is 36.2 Å². The van der Waals surface area contributed by atoms with Gasteiger partial charge in [-0.05, 0) is 78.7 Å². The maximum Gasteiger partial charge on any atom is 0.330 e. The SMILES string of the molecule is COC(=O)/C=C/c1cc(F)c([C@@H]2C3=C(C[C@@H](C)N2CC2(F)CC2)c2ccccc2C3)c(F)c1. The van der Waals surface area contributed by atoms with Crippen LogP contribution in [0.5, 0.6) is 0 Å². The molecule has 2 atom stereocenters. The molecule has 6 heteroatoms. The normalized spacial score (nSPS) is 23.5. The molecular formula is C27H26F3NO2. The zero-order valence-electron chi connectivity index (χ0n) is 18.7. The van der Waals surface area contributed by atoms with Crippen LogP contribution in [0, 0.1) is 11.6 Å². The predicted octanol–water partition coefficient (Wildman–Crippen LogP) is 5.80. The molecule has 1 heterocycles. The molecule has 3 nitrogen and oxygen atoms in total. The molecule has 0 amide bonds. The van der Waals surface area contributed by atoms with Crippen LogP contribution < -0.4 is 0 Å². The molecule has 0 spiro atoms. The van der Waals surface area contributed by atoms with Gasteiger partial charge in [0.1, 0.15) is 17.3 Å². The lowest BCUT2D eigenvalue weighted by molar-refractivity contribution is -0.134. The van der Waals surface area contributed by atoms with Gasteiger partial charge < -0.3 is 4.74 Å². The number of hydrogen-bond donors (Lipinski definition) is 0. The minimum absolute atomic E-state index is 0.0543. The number of methoxy groups -OCH3 is 1. The standard InChI is InChI=1S/C27H26F3NO2/c1-16-11-20-19-6-4-3-5-18(19)14-21(20)26(31(16)15-27(30)9-10-27)25-22(28)12-17(13-23(25)29)7-8-24(32)33-2/h3-8,12-13,16,26H,9-11,14-15H2,1-2H3/b8-7+/t16-,26+/m1/s1. The maximum absolute atomic E-state index is 15.5. The lowest BCUT2D eigenvalue weighted by atomic mass is 9.84. The summed E-state index contributed by atoms with van der Waals surface area (Å²) in [4.78, 5) is 13.3. The first-order valence-electron chi connectivity index (χ1n) is 11.3. The van der Waals surface area contributed by atoms with Crippen LogP contribution in [0.3, 0.4) is 0 Å². The van der Waals surface area contributed by atoms with Gasteiger partial charge >= 0.3 is 5.97 Å². The van der Waals surface area contributed by atoms with E-state index in [1.807, 2.05) is 30.0 Å². The van der Waals surface area contributed by atoms with E-state index < -0.39 is 29.3 Å². The van der Waals surface area contributed by atoms with Gasteiger partial charge in [0.15, 0.2) is 0 Å². The number of fused-ring (bicyclic) bond motifs is 2. The topological polar surface area (TPSA) is 29.5 Å². The minimum atomic E-state index is -1.29. The van der Waals surface area contributed by atoms with Crippen molar-refractivity contribution < 1.29 is 22.7 Å². The van der Waals surface area contributed by atoms with Gasteiger partial charge in [0.2, 0.25) is 0 Å². The highest BCUT2D eigenvalue weighted by atomic mass is 19.1. The van der Waals surface area contributed by atoms with E-state index in [9.17, 15) is 9.18 Å². The summed E-state index contributed by atoms with van der Waals surface area (Å²) >= 11 is 0. The van der Waals surface area contributed by atoms with Gasteiger partial charge in [-0.2, -0.15) is 0 Å². The summed E-state index contributed by atoms with van der Waals surface area (Å²) in [5.41, 5.74) is 3.23. The van der Waals surface area contributed by atoms with Gasteiger partial charge in [-0.3, -0.25) is 4.90 Å². The molecule has 1 saturated carbocycles. The summed E-state index contributed by atoms with van der Waals surface area (Å²) < 4.78 is 50.5. The third kappa shape index (κ3) is 4.01. The summed E-state index contributed by atoms with van der Waals surface area (Å²) in [5.74, 6) is -2.01. The molecule has 2 aromatic rings. The van der Waals surface area contributed by atoms with Crippen molar-refractivity contribution in [2.75, 3.05) is 13.7 Å². The molecule has 2 aromatic carbocycles. The van der Waals surface area contributed by atoms with Crippen LogP contribution in [0.1, 0.15) is 54.5 Å². The number of halogens is 3. The average Bonchev–Trinajstić information content (AvgIpc) is 3.40. The Kier molecular flexibility index (Phi) is 5.44. The van der Waals surface area contributed by atoms with E-state index in [1.165, 1.54) is 25.3 Å². The average molecular weight is 454 g/mol. The third-order valence-electron chi connectivity index (χ3n) is 7.08. The van der Waals surface area contributed by atoms with Crippen molar-refractivity contribution in [1.29, 1.82) is 0 Å². The zero-order chi connectivity index (χ0) is 23.3. The van der Waals surface area contributed by atoms with Crippen molar-refractivity contribution in [1.82, 2.24) is 4.90 Å². The van der Waals surface area contributed by atoms with Crippen molar-refractivity contribution in [3.63, 3.8) is 0 Å². The van der Waals surface area contributed by atoms with Crippen molar-refractivity contribution in [2.45, 2.75) is 50.4 Å². The van der Waals surface area contributed by atoms with E-state index in [0.29, 0.717) is 19.3 Å². The molecule has 1 aliphatic heterocycles. The third-order valence-corrected chi connectivity index (χ3v) is 7.08. The largest absolute Gasteiger partial charge is 0.466 e. The number of alkyl halides is 1. The molecule has 3 aliphatic rings. The highest BCUT2D eigenvalue weighted by Gasteiger charge is 2.49. The number of hydrogen-bond acceptors (Lipinski definition) is 3. The number of carbonyl (C=O) groups is 1. The quantitative estimate of drug-likeness (QED) is 0.423. The van der Waals surface area contributed by atoms with Crippen LogP contribution in [0.25, 0.3) is 11.6 Å². The predicted molar refractivity (Wildman–Crippen MR) is 121 cm³/mol. The molecule has 0 aromatic heterocycles. The van der Waals surface area contributed by atoms with Crippen LogP contribution in [0.4, 0.5) is 13.2 Å². The Morgan fingerprint density at radius 1 is 1.21 bits per heavy atom. The molecule has 0 unspecified atom stereocenters. The Bertz CT molecular complexity index is 1160. The highest BCUT2D eigenvalue weighted by molar-refractivity contribution is 5.87. The van der Waals surface area contributed by atoms with Crippen molar-refractivity contribution in [3.8, 4) is 0 Å². The summed E-state index contributed by atoms with van der Waals surface area (Å²) in [7, 11) is 1.23. The van der Waals surface area contributed by atoms with E-state index in [0.717, 1.165) is 34.8 Å². The van der Waals surface area contributed by atoms with E-state index in [4.69, 9.17) is 0 Å². The molecule has 0 N–H and O–H groups in total. The van der Waals surface area contributed by atoms with Gasteiger partial charge in [-0.15, -0.1) is 0 Å². The Labute approximate surface area is 191 Å². The van der Waals surface area contributed by atoms with Gasteiger partial charge in [0.25, 0.3) is 0 Å². The number of rotatable bonds is 5. The Balaban J connectivity index is 1.60. The highest BCUT2D eigenvalue weighted by Crippen LogP contribution is 2.52. The first kappa shape index (κ1) is 22.0. The molecule has 1 fully saturated rings. The molecule has 0 saturated heterocycles. The summed E-state index contributed by atoms with van der Waals surface area (Å²) in [6, 6.07) is 9.75. The molecule has 0 bridgehead atoms. The second-order valence-electron chi connectivity index (χ2n) is 9.37. The van der Waals surface area contributed by atoms with Crippen LogP contribution in [-0.2, 0) is 16.0 Å². The smallest absolute Gasteiger partial charge is 0.330 e.